The predicted octanol–water partition coefficient (Wildman–Crippen LogP) is 2.33. The van der Waals surface area contributed by atoms with Crippen molar-refractivity contribution in [3.8, 4) is 0 Å². The Bertz CT molecular complexity index is 393. The average molecular weight is 241 g/mol. The van der Waals surface area contributed by atoms with E-state index in [1.165, 1.54) is 0 Å². The van der Waals surface area contributed by atoms with Gasteiger partial charge in [-0.2, -0.15) is 0 Å². The molecule has 0 aromatic heterocycles. The van der Waals surface area contributed by atoms with Crippen molar-refractivity contribution in [2.24, 2.45) is 0 Å². The Morgan fingerprint density at radius 1 is 1.69 bits per heavy atom. The Morgan fingerprint density at radius 2 is 2.50 bits per heavy atom. The maximum atomic E-state index is 11.5. The number of allylic oxidation sites excluding steroid dienone is 5. The summed E-state index contributed by atoms with van der Waals surface area (Å²) in [4.78, 5) is 11.5. The van der Waals surface area contributed by atoms with Crippen molar-refractivity contribution in [2.75, 3.05) is 13.2 Å². The zero-order chi connectivity index (χ0) is 11.5. The largest absolute Gasteiger partial charge is 0.492 e. The van der Waals surface area contributed by atoms with E-state index in [-0.39, 0.29) is 18.0 Å². The average Bonchev–Trinajstić information content (AvgIpc) is 2.28. The summed E-state index contributed by atoms with van der Waals surface area (Å²) in [5, 5.41) is -0.0173. The maximum Gasteiger partial charge on any atom is 0.337 e. The number of hydrogen-bond donors (Lipinski definition) is 0. The first-order valence-electron chi connectivity index (χ1n) is 5.26. The number of ether oxygens (including phenoxy) is 2. The topological polar surface area (TPSA) is 35.5 Å². The highest BCUT2D eigenvalue weighted by Crippen LogP contribution is 2.28. The molecule has 1 aliphatic heterocycles. The molecule has 16 heavy (non-hydrogen) atoms. The highest BCUT2D eigenvalue weighted by Gasteiger charge is 2.22. The molecule has 0 radical (unpaired) electrons. The van der Waals surface area contributed by atoms with Gasteiger partial charge in [-0.3, -0.25) is 0 Å². The van der Waals surface area contributed by atoms with Crippen LogP contribution in [0.15, 0.2) is 35.1 Å². The molecule has 0 spiro atoms. The van der Waals surface area contributed by atoms with Gasteiger partial charge in [0.2, 0.25) is 0 Å². The molecule has 0 N–H and O–H groups in total. The molecule has 4 heteroatoms. The first-order valence-corrected chi connectivity index (χ1v) is 5.70. The van der Waals surface area contributed by atoms with E-state index in [1.807, 2.05) is 18.2 Å². The minimum atomic E-state index is -0.310. The maximum absolute atomic E-state index is 11.5. The van der Waals surface area contributed by atoms with Crippen molar-refractivity contribution in [3.63, 3.8) is 0 Å². The van der Waals surface area contributed by atoms with Gasteiger partial charge in [-0.1, -0.05) is 12.2 Å². The van der Waals surface area contributed by atoms with E-state index >= 15 is 0 Å². The molecule has 1 heterocycles. The number of hydrogen-bond acceptors (Lipinski definition) is 3. The van der Waals surface area contributed by atoms with E-state index in [0.717, 1.165) is 11.3 Å². The summed E-state index contributed by atoms with van der Waals surface area (Å²) in [6.07, 6.45) is 6.28. The number of alkyl halides is 1. The van der Waals surface area contributed by atoms with Crippen LogP contribution in [0.25, 0.3) is 0 Å². The molecule has 1 unspecified atom stereocenters. The highest BCUT2D eigenvalue weighted by atomic mass is 35.5. The zero-order valence-electron chi connectivity index (χ0n) is 9.03. The van der Waals surface area contributed by atoms with E-state index < -0.39 is 0 Å². The van der Waals surface area contributed by atoms with Gasteiger partial charge in [-0.15, -0.1) is 11.6 Å². The van der Waals surface area contributed by atoms with Crippen LogP contribution in [0.5, 0.6) is 0 Å². The molecule has 2 aliphatic rings. The fourth-order valence-corrected chi connectivity index (χ4v) is 1.88. The van der Waals surface area contributed by atoms with E-state index in [1.54, 1.807) is 6.92 Å². The molecule has 0 saturated carbocycles. The lowest BCUT2D eigenvalue weighted by Crippen LogP contribution is -2.18. The van der Waals surface area contributed by atoms with Gasteiger partial charge in [0.1, 0.15) is 12.4 Å². The van der Waals surface area contributed by atoms with Crippen LogP contribution in [0.3, 0.4) is 0 Å². The lowest BCUT2D eigenvalue weighted by molar-refractivity contribution is -0.139. The Hall–Kier alpha value is -1.22. The molecule has 2 rings (SSSR count). The molecule has 0 saturated heterocycles. The molecule has 3 nitrogen and oxygen atoms in total. The van der Waals surface area contributed by atoms with E-state index in [9.17, 15) is 4.79 Å². The minimum absolute atomic E-state index is 0.0173. The minimum Gasteiger partial charge on any atom is -0.492 e. The van der Waals surface area contributed by atoms with Crippen LogP contribution >= 0.6 is 11.6 Å². The molecular formula is C12H13ClO3. The fraction of sp³-hybridized carbons (Fsp3) is 0.417. The molecule has 0 fully saturated rings. The standard InChI is InChI=1S/C12H13ClO3/c1-2-15-12(14)9-5-8-3-4-10(13)6-11(8)16-7-9/h3-5,10H,2,6-7H2,1H3. The number of halogens is 1. The molecule has 86 valence electrons. The lowest BCUT2D eigenvalue weighted by Gasteiger charge is -2.23. The van der Waals surface area contributed by atoms with E-state index in [0.29, 0.717) is 18.6 Å². The van der Waals surface area contributed by atoms with Gasteiger partial charge in [-0.05, 0) is 13.0 Å². The number of rotatable bonds is 2. The number of carbonyl (C=O) groups is 1. The third kappa shape index (κ3) is 2.30. The Balaban J connectivity index is 2.16. The molecule has 0 aromatic rings. The van der Waals surface area contributed by atoms with Crippen LogP contribution in [0.4, 0.5) is 0 Å². The van der Waals surface area contributed by atoms with E-state index in [2.05, 4.69) is 0 Å². The second kappa shape index (κ2) is 4.74. The van der Waals surface area contributed by atoms with Crippen LogP contribution < -0.4 is 0 Å². The van der Waals surface area contributed by atoms with Gasteiger partial charge in [0.25, 0.3) is 0 Å². The monoisotopic (exact) mass is 240 g/mol. The molecule has 1 atom stereocenters. The normalized spacial score (nSPS) is 23.4. The van der Waals surface area contributed by atoms with Crippen molar-refractivity contribution in [2.45, 2.75) is 18.7 Å². The van der Waals surface area contributed by atoms with Crippen LogP contribution in [-0.4, -0.2) is 24.6 Å². The quantitative estimate of drug-likeness (QED) is 0.549. The van der Waals surface area contributed by atoms with Crippen LogP contribution in [0.1, 0.15) is 13.3 Å². The Kier molecular flexibility index (Phi) is 3.34. The summed E-state index contributed by atoms with van der Waals surface area (Å²) in [7, 11) is 0. The first-order chi connectivity index (χ1) is 7.70. The molecule has 0 aromatic carbocycles. The summed E-state index contributed by atoms with van der Waals surface area (Å²) < 4.78 is 10.4. The first kappa shape index (κ1) is 11.3. The summed E-state index contributed by atoms with van der Waals surface area (Å²) >= 11 is 5.97. The van der Waals surface area contributed by atoms with Crippen molar-refractivity contribution >= 4 is 17.6 Å². The number of carbonyl (C=O) groups excluding carboxylic acids is 1. The van der Waals surface area contributed by atoms with Crippen molar-refractivity contribution in [1.29, 1.82) is 0 Å². The molecule has 1 aliphatic carbocycles. The summed E-state index contributed by atoms with van der Waals surface area (Å²) in [6.45, 7) is 2.43. The van der Waals surface area contributed by atoms with Gasteiger partial charge < -0.3 is 9.47 Å². The van der Waals surface area contributed by atoms with Gasteiger partial charge in [0.15, 0.2) is 0 Å². The molecule has 0 amide bonds. The van der Waals surface area contributed by atoms with Crippen LogP contribution in [0.2, 0.25) is 0 Å². The summed E-state index contributed by atoms with van der Waals surface area (Å²) in [5.41, 5.74) is 1.48. The second-order valence-corrected chi connectivity index (χ2v) is 4.20. The highest BCUT2D eigenvalue weighted by molar-refractivity contribution is 6.22. The third-order valence-electron chi connectivity index (χ3n) is 2.46. The van der Waals surface area contributed by atoms with E-state index in [4.69, 9.17) is 21.1 Å². The van der Waals surface area contributed by atoms with Crippen molar-refractivity contribution in [1.82, 2.24) is 0 Å². The van der Waals surface area contributed by atoms with Crippen LogP contribution in [-0.2, 0) is 14.3 Å². The third-order valence-corrected chi connectivity index (χ3v) is 2.76. The number of esters is 1. The van der Waals surface area contributed by atoms with Gasteiger partial charge in [-0.25, -0.2) is 4.79 Å². The lowest BCUT2D eigenvalue weighted by atomic mass is 10.0. The van der Waals surface area contributed by atoms with Crippen molar-refractivity contribution < 1.29 is 14.3 Å². The smallest absolute Gasteiger partial charge is 0.337 e. The Labute approximate surface area is 99.4 Å². The molecule has 0 bridgehead atoms. The Morgan fingerprint density at radius 3 is 3.25 bits per heavy atom. The van der Waals surface area contributed by atoms with Crippen LogP contribution in [0, 0.1) is 0 Å². The fourth-order valence-electron chi connectivity index (χ4n) is 1.67. The SMILES string of the molecule is CCOC(=O)C1=CC2=C(CC(Cl)C=C2)OC1. The van der Waals surface area contributed by atoms with Crippen molar-refractivity contribution in [3.05, 3.63) is 35.1 Å². The summed E-state index contributed by atoms with van der Waals surface area (Å²) in [6, 6.07) is 0. The van der Waals surface area contributed by atoms with Gasteiger partial charge >= 0.3 is 5.97 Å². The molecular weight excluding hydrogens is 228 g/mol. The summed E-state index contributed by atoms with van der Waals surface area (Å²) in [5.74, 6) is 0.547. The predicted molar refractivity (Wildman–Crippen MR) is 61.1 cm³/mol. The van der Waals surface area contributed by atoms with Gasteiger partial charge in [0.05, 0.1) is 17.6 Å². The second-order valence-electron chi connectivity index (χ2n) is 3.64. The van der Waals surface area contributed by atoms with Gasteiger partial charge in [0, 0.05) is 12.0 Å². The zero-order valence-corrected chi connectivity index (χ0v) is 9.79.